The van der Waals surface area contributed by atoms with Gasteiger partial charge in [0.05, 0.1) is 10.6 Å². The summed E-state index contributed by atoms with van der Waals surface area (Å²) < 4.78 is 13.5. The molecule has 2 aliphatic rings. The number of benzene rings is 2. The van der Waals surface area contributed by atoms with Gasteiger partial charge < -0.3 is 5.32 Å². The molecule has 6 heteroatoms. The van der Waals surface area contributed by atoms with E-state index in [-0.39, 0.29) is 17.8 Å². The predicted molar refractivity (Wildman–Crippen MR) is 121 cm³/mol. The second-order valence-corrected chi connectivity index (χ2v) is 8.98. The SMILES string of the molecule is O=C(NC1CCCCC1)c1ccc2c(n1)N=C(c1ccc(F)cc1)c1ccccc1S2. The molecular formula is C25H22FN3OS. The molecule has 1 N–H and O–H groups in total. The summed E-state index contributed by atoms with van der Waals surface area (Å²) in [6, 6.07) is 18.2. The third kappa shape index (κ3) is 4.26. The Labute approximate surface area is 185 Å². The van der Waals surface area contributed by atoms with Crippen LogP contribution in [0.1, 0.15) is 53.7 Å². The Morgan fingerprint density at radius 1 is 0.935 bits per heavy atom. The van der Waals surface area contributed by atoms with Crippen LogP contribution >= 0.6 is 11.8 Å². The number of rotatable bonds is 3. The van der Waals surface area contributed by atoms with E-state index in [4.69, 9.17) is 4.99 Å². The number of carbonyl (C=O) groups excluding carboxylic acids is 1. The van der Waals surface area contributed by atoms with Crippen molar-refractivity contribution in [1.29, 1.82) is 0 Å². The van der Waals surface area contributed by atoms with Gasteiger partial charge in [0, 0.05) is 22.1 Å². The molecule has 1 aromatic heterocycles. The zero-order chi connectivity index (χ0) is 21.2. The van der Waals surface area contributed by atoms with E-state index in [1.54, 1.807) is 30.0 Å². The Morgan fingerprint density at radius 2 is 1.71 bits per heavy atom. The molecule has 4 nitrogen and oxygen atoms in total. The van der Waals surface area contributed by atoms with Crippen molar-refractivity contribution in [2.75, 3.05) is 0 Å². The number of fused-ring (bicyclic) bond motifs is 2. The van der Waals surface area contributed by atoms with Crippen molar-refractivity contribution in [2.45, 2.75) is 47.9 Å². The van der Waals surface area contributed by atoms with E-state index in [2.05, 4.69) is 10.3 Å². The van der Waals surface area contributed by atoms with Crippen molar-refractivity contribution < 1.29 is 9.18 Å². The average Bonchev–Trinajstić information content (AvgIpc) is 2.96. The smallest absolute Gasteiger partial charge is 0.270 e. The van der Waals surface area contributed by atoms with E-state index in [1.807, 2.05) is 30.3 Å². The van der Waals surface area contributed by atoms with Crippen LogP contribution in [0.4, 0.5) is 10.2 Å². The number of aromatic nitrogens is 1. The van der Waals surface area contributed by atoms with Gasteiger partial charge in [-0.3, -0.25) is 4.79 Å². The molecular weight excluding hydrogens is 409 g/mol. The lowest BCUT2D eigenvalue weighted by Crippen LogP contribution is -2.36. The van der Waals surface area contributed by atoms with E-state index in [0.29, 0.717) is 11.5 Å². The predicted octanol–water partition coefficient (Wildman–Crippen LogP) is 5.92. The summed E-state index contributed by atoms with van der Waals surface area (Å²) in [5.74, 6) is 0.0673. The maximum atomic E-state index is 13.5. The molecule has 2 heterocycles. The molecule has 0 saturated heterocycles. The van der Waals surface area contributed by atoms with Crippen LogP contribution in [-0.2, 0) is 0 Å². The number of carbonyl (C=O) groups is 1. The number of amides is 1. The quantitative estimate of drug-likeness (QED) is 0.438. The molecule has 0 unspecified atom stereocenters. The minimum Gasteiger partial charge on any atom is -0.348 e. The van der Waals surface area contributed by atoms with Crippen LogP contribution in [0.25, 0.3) is 0 Å². The van der Waals surface area contributed by atoms with Crippen LogP contribution in [0, 0.1) is 5.82 Å². The maximum Gasteiger partial charge on any atom is 0.270 e. The molecule has 0 radical (unpaired) electrons. The van der Waals surface area contributed by atoms with E-state index in [9.17, 15) is 9.18 Å². The van der Waals surface area contributed by atoms with Crippen LogP contribution in [0.2, 0.25) is 0 Å². The molecule has 0 bridgehead atoms. The van der Waals surface area contributed by atoms with E-state index in [1.165, 1.54) is 18.6 Å². The molecule has 31 heavy (non-hydrogen) atoms. The fourth-order valence-corrected chi connectivity index (χ4v) is 5.07. The Hall–Kier alpha value is -2.99. The maximum absolute atomic E-state index is 13.5. The number of halogens is 1. The van der Waals surface area contributed by atoms with Crippen LogP contribution < -0.4 is 5.32 Å². The summed E-state index contributed by atoms with van der Waals surface area (Å²) in [6.07, 6.45) is 5.59. The summed E-state index contributed by atoms with van der Waals surface area (Å²) in [4.78, 5) is 24.2. The number of pyridine rings is 1. The molecule has 2 aromatic carbocycles. The molecule has 1 amide bonds. The lowest BCUT2D eigenvalue weighted by molar-refractivity contribution is 0.0922. The molecule has 1 aliphatic carbocycles. The lowest BCUT2D eigenvalue weighted by atomic mass is 9.95. The first-order chi connectivity index (χ1) is 15.2. The number of nitrogens with one attached hydrogen (secondary N) is 1. The highest BCUT2D eigenvalue weighted by Crippen LogP contribution is 2.40. The monoisotopic (exact) mass is 431 g/mol. The van der Waals surface area contributed by atoms with Crippen LogP contribution in [0.5, 0.6) is 0 Å². The molecule has 1 saturated carbocycles. The second kappa shape index (κ2) is 8.63. The lowest BCUT2D eigenvalue weighted by Gasteiger charge is -2.22. The van der Waals surface area contributed by atoms with Gasteiger partial charge in [-0.2, -0.15) is 0 Å². The average molecular weight is 432 g/mol. The van der Waals surface area contributed by atoms with Gasteiger partial charge >= 0.3 is 0 Å². The summed E-state index contributed by atoms with van der Waals surface area (Å²) in [5.41, 5.74) is 2.86. The molecule has 0 atom stereocenters. The Balaban J connectivity index is 1.54. The van der Waals surface area contributed by atoms with Gasteiger partial charge in [-0.25, -0.2) is 14.4 Å². The second-order valence-electron chi connectivity index (χ2n) is 7.89. The zero-order valence-corrected chi connectivity index (χ0v) is 17.8. The topological polar surface area (TPSA) is 54.4 Å². The Kier molecular flexibility index (Phi) is 5.55. The minimum absolute atomic E-state index is 0.153. The van der Waals surface area contributed by atoms with Crippen molar-refractivity contribution in [3.63, 3.8) is 0 Å². The standard InChI is InChI=1S/C25H22FN3OS/c26-17-12-10-16(11-13-17)23-19-8-4-5-9-21(19)31-22-15-14-20(28-24(22)29-23)25(30)27-18-6-2-1-3-7-18/h4-5,8-15,18H,1-3,6-7H2,(H,27,30). The first-order valence-electron chi connectivity index (χ1n) is 10.6. The number of hydrogen-bond donors (Lipinski definition) is 1. The Morgan fingerprint density at radius 3 is 2.52 bits per heavy atom. The molecule has 1 fully saturated rings. The van der Waals surface area contributed by atoms with Crippen molar-refractivity contribution in [2.24, 2.45) is 4.99 Å². The highest BCUT2D eigenvalue weighted by atomic mass is 32.2. The number of aliphatic imine (C=N–C) groups is 1. The fourth-order valence-electron chi connectivity index (χ4n) is 4.09. The van der Waals surface area contributed by atoms with Gasteiger partial charge in [0.2, 0.25) is 0 Å². The zero-order valence-electron chi connectivity index (χ0n) is 17.0. The summed E-state index contributed by atoms with van der Waals surface area (Å²) in [7, 11) is 0. The third-order valence-corrected chi connectivity index (χ3v) is 6.82. The third-order valence-electron chi connectivity index (χ3n) is 5.71. The molecule has 5 rings (SSSR count). The highest BCUT2D eigenvalue weighted by molar-refractivity contribution is 7.99. The fraction of sp³-hybridized carbons (Fsp3) is 0.240. The summed E-state index contributed by atoms with van der Waals surface area (Å²) >= 11 is 1.58. The van der Waals surface area contributed by atoms with Gasteiger partial charge in [-0.15, -0.1) is 0 Å². The van der Waals surface area contributed by atoms with Crippen LogP contribution in [-0.4, -0.2) is 22.6 Å². The van der Waals surface area contributed by atoms with Crippen molar-refractivity contribution >= 4 is 29.2 Å². The number of nitrogens with zero attached hydrogens (tertiary/aromatic N) is 2. The molecule has 156 valence electrons. The normalized spacial score (nSPS) is 16.0. The Bertz CT molecular complexity index is 1150. The van der Waals surface area contributed by atoms with Gasteiger partial charge in [0.15, 0.2) is 5.82 Å². The van der Waals surface area contributed by atoms with Gasteiger partial charge in [-0.1, -0.05) is 49.2 Å². The first-order valence-corrected chi connectivity index (χ1v) is 11.4. The van der Waals surface area contributed by atoms with Crippen molar-refractivity contribution in [3.8, 4) is 0 Å². The van der Waals surface area contributed by atoms with Crippen LogP contribution in [0.15, 0.2) is 75.4 Å². The molecule has 1 aliphatic heterocycles. The molecule has 0 spiro atoms. The number of hydrogen-bond acceptors (Lipinski definition) is 4. The van der Waals surface area contributed by atoms with E-state index < -0.39 is 0 Å². The summed E-state index contributed by atoms with van der Waals surface area (Å²) in [5, 5.41) is 3.13. The van der Waals surface area contributed by atoms with Crippen molar-refractivity contribution in [3.05, 3.63) is 83.3 Å². The minimum atomic E-state index is -0.291. The largest absolute Gasteiger partial charge is 0.348 e. The first kappa shape index (κ1) is 19.9. The molecule has 3 aromatic rings. The van der Waals surface area contributed by atoms with Gasteiger partial charge in [0.1, 0.15) is 11.5 Å². The summed E-state index contributed by atoms with van der Waals surface area (Å²) in [6.45, 7) is 0. The van der Waals surface area contributed by atoms with E-state index in [0.717, 1.165) is 52.3 Å². The van der Waals surface area contributed by atoms with Crippen molar-refractivity contribution in [1.82, 2.24) is 10.3 Å². The van der Waals surface area contributed by atoms with Gasteiger partial charge in [0.25, 0.3) is 5.91 Å². The highest BCUT2D eigenvalue weighted by Gasteiger charge is 2.22. The van der Waals surface area contributed by atoms with Gasteiger partial charge in [-0.05, 0) is 55.3 Å². The van der Waals surface area contributed by atoms with Crippen LogP contribution in [0.3, 0.4) is 0 Å². The van der Waals surface area contributed by atoms with E-state index >= 15 is 0 Å².